The van der Waals surface area contributed by atoms with Gasteiger partial charge in [0.25, 0.3) is 5.91 Å². The lowest BCUT2D eigenvalue weighted by Gasteiger charge is -2.20. The number of carbonyl (C=O) groups is 2. The molecule has 1 aliphatic heterocycles. The number of ether oxygens (including phenoxy) is 1. The van der Waals surface area contributed by atoms with Gasteiger partial charge in [0.05, 0.1) is 25.8 Å². The lowest BCUT2D eigenvalue weighted by molar-refractivity contribution is -0.172. The van der Waals surface area contributed by atoms with E-state index >= 15 is 0 Å². The van der Waals surface area contributed by atoms with Crippen molar-refractivity contribution in [3.8, 4) is 5.75 Å². The maximum Gasteiger partial charge on any atom is 0.251 e. The summed E-state index contributed by atoms with van der Waals surface area (Å²) in [6.07, 6.45) is 0.185. The molecular formula is C14H18N2O4. The molecule has 2 amide bonds. The highest BCUT2D eigenvalue weighted by atomic mass is 16.7. The van der Waals surface area contributed by atoms with Crippen molar-refractivity contribution >= 4 is 17.5 Å². The molecule has 1 aromatic rings. The molecule has 6 nitrogen and oxygen atoms in total. The Morgan fingerprint density at radius 3 is 2.70 bits per heavy atom. The fourth-order valence-corrected chi connectivity index (χ4v) is 2.31. The van der Waals surface area contributed by atoms with E-state index in [1.165, 1.54) is 7.11 Å². The average Bonchev–Trinajstić information content (AvgIpc) is 2.87. The van der Waals surface area contributed by atoms with Gasteiger partial charge in [-0.15, -0.1) is 0 Å². The zero-order valence-electron chi connectivity index (χ0n) is 11.8. The van der Waals surface area contributed by atoms with Gasteiger partial charge in [-0.1, -0.05) is 12.1 Å². The van der Waals surface area contributed by atoms with E-state index in [4.69, 9.17) is 9.57 Å². The summed E-state index contributed by atoms with van der Waals surface area (Å²) < 4.78 is 5.26. The minimum atomic E-state index is -0.391. The first-order valence-electron chi connectivity index (χ1n) is 6.33. The molecule has 0 spiro atoms. The Hall–Kier alpha value is -2.08. The average molecular weight is 278 g/mol. The van der Waals surface area contributed by atoms with Crippen molar-refractivity contribution in [1.29, 1.82) is 0 Å². The van der Waals surface area contributed by atoms with E-state index < -0.39 is 5.92 Å². The molecule has 0 aromatic heterocycles. The van der Waals surface area contributed by atoms with Crippen LogP contribution in [0.3, 0.4) is 0 Å². The van der Waals surface area contributed by atoms with E-state index in [2.05, 4.69) is 0 Å². The van der Waals surface area contributed by atoms with Crippen LogP contribution in [0.2, 0.25) is 0 Å². The lowest BCUT2D eigenvalue weighted by Crippen LogP contribution is -2.34. The maximum absolute atomic E-state index is 12.1. The molecule has 0 radical (unpaired) electrons. The number of para-hydroxylation sites is 2. The van der Waals surface area contributed by atoms with Crippen molar-refractivity contribution in [2.75, 3.05) is 32.7 Å². The van der Waals surface area contributed by atoms with Gasteiger partial charge < -0.3 is 9.64 Å². The van der Waals surface area contributed by atoms with Crippen LogP contribution in [0.4, 0.5) is 5.69 Å². The van der Waals surface area contributed by atoms with Gasteiger partial charge in [0.2, 0.25) is 5.91 Å². The molecule has 0 aliphatic carbocycles. The minimum absolute atomic E-state index is 0.0858. The van der Waals surface area contributed by atoms with E-state index in [1.54, 1.807) is 25.1 Å². The van der Waals surface area contributed by atoms with Crippen LogP contribution in [0.25, 0.3) is 0 Å². The first kappa shape index (κ1) is 14.3. The Kier molecular flexibility index (Phi) is 4.24. The van der Waals surface area contributed by atoms with Crippen LogP contribution >= 0.6 is 0 Å². The first-order chi connectivity index (χ1) is 9.58. The van der Waals surface area contributed by atoms with E-state index in [9.17, 15) is 9.59 Å². The normalized spacial score (nSPS) is 18.2. The van der Waals surface area contributed by atoms with Crippen LogP contribution in [-0.4, -0.2) is 44.7 Å². The monoisotopic (exact) mass is 278 g/mol. The van der Waals surface area contributed by atoms with Crippen LogP contribution in [0.5, 0.6) is 5.75 Å². The zero-order valence-corrected chi connectivity index (χ0v) is 11.8. The van der Waals surface area contributed by atoms with Gasteiger partial charge in [-0.05, 0) is 12.1 Å². The molecule has 1 saturated heterocycles. The fourth-order valence-electron chi connectivity index (χ4n) is 2.31. The fraction of sp³-hybridized carbons (Fsp3) is 0.429. The molecular weight excluding hydrogens is 260 g/mol. The summed E-state index contributed by atoms with van der Waals surface area (Å²) in [5.41, 5.74) is 0.690. The van der Waals surface area contributed by atoms with Crippen molar-refractivity contribution in [3.63, 3.8) is 0 Å². The number of hydrogen-bond acceptors (Lipinski definition) is 4. The Balaban J connectivity index is 2.19. The second-order valence-electron chi connectivity index (χ2n) is 4.60. The zero-order chi connectivity index (χ0) is 14.7. The Bertz CT molecular complexity index is 518. The third kappa shape index (κ3) is 2.60. The summed E-state index contributed by atoms with van der Waals surface area (Å²) >= 11 is 0. The van der Waals surface area contributed by atoms with Crippen LogP contribution in [0.15, 0.2) is 24.3 Å². The Labute approximate surface area is 117 Å². The van der Waals surface area contributed by atoms with Crippen molar-refractivity contribution in [2.24, 2.45) is 5.92 Å². The van der Waals surface area contributed by atoms with Gasteiger partial charge in [-0.3, -0.25) is 14.4 Å². The quantitative estimate of drug-likeness (QED) is 0.773. The number of amides is 2. The van der Waals surface area contributed by atoms with E-state index in [-0.39, 0.29) is 18.2 Å². The van der Waals surface area contributed by atoms with E-state index in [1.807, 2.05) is 18.2 Å². The summed E-state index contributed by atoms with van der Waals surface area (Å²) in [6, 6.07) is 7.27. The van der Waals surface area contributed by atoms with E-state index in [0.29, 0.717) is 18.0 Å². The van der Waals surface area contributed by atoms with Gasteiger partial charge in [-0.2, -0.15) is 0 Å². The molecule has 20 heavy (non-hydrogen) atoms. The Morgan fingerprint density at radius 1 is 1.35 bits per heavy atom. The smallest absolute Gasteiger partial charge is 0.251 e. The molecule has 0 unspecified atom stereocenters. The molecule has 1 atom stereocenters. The molecule has 6 heteroatoms. The van der Waals surface area contributed by atoms with Gasteiger partial charge in [0, 0.05) is 20.0 Å². The summed E-state index contributed by atoms with van der Waals surface area (Å²) in [5.74, 6) is -0.0537. The Morgan fingerprint density at radius 2 is 2.05 bits per heavy atom. The van der Waals surface area contributed by atoms with Gasteiger partial charge in [0.1, 0.15) is 5.75 Å². The number of benzene rings is 1. The number of anilines is 1. The lowest BCUT2D eigenvalue weighted by atomic mass is 10.1. The largest absolute Gasteiger partial charge is 0.495 e. The minimum Gasteiger partial charge on any atom is -0.495 e. The first-order valence-corrected chi connectivity index (χ1v) is 6.33. The highest BCUT2D eigenvalue weighted by molar-refractivity contribution is 6.01. The standard InChI is InChI=1S/C14H18N2O4/c1-15(20-3)14(18)10-8-13(17)16(9-10)11-6-4-5-7-12(11)19-2/h4-7,10H,8-9H2,1-3H3/t10-/m0/s1. The molecule has 0 N–H and O–H groups in total. The van der Waals surface area contributed by atoms with Crippen molar-refractivity contribution in [1.82, 2.24) is 5.06 Å². The molecule has 1 aliphatic rings. The summed E-state index contributed by atoms with van der Waals surface area (Å²) in [6.45, 7) is 0.339. The molecule has 0 bridgehead atoms. The van der Waals surface area contributed by atoms with Crippen LogP contribution < -0.4 is 9.64 Å². The highest BCUT2D eigenvalue weighted by Gasteiger charge is 2.37. The third-order valence-electron chi connectivity index (χ3n) is 3.43. The predicted molar refractivity (Wildman–Crippen MR) is 73.2 cm³/mol. The second-order valence-corrected chi connectivity index (χ2v) is 4.60. The van der Waals surface area contributed by atoms with Crippen molar-refractivity contribution in [2.45, 2.75) is 6.42 Å². The summed E-state index contributed by atoms with van der Waals surface area (Å²) in [4.78, 5) is 30.6. The number of carbonyl (C=O) groups excluding carboxylic acids is 2. The van der Waals surface area contributed by atoms with Gasteiger partial charge >= 0.3 is 0 Å². The summed E-state index contributed by atoms with van der Waals surface area (Å²) in [7, 11) is 4.52. The molecule has 1 heterocycles. The number of hydroxylamine groups is 2. The summed E-state index contributed by atoms with van der Waals surface area (Å²) in [5, 5.41) is 1.16. The number of rotatable bonds is 4. The van der Waals surface area contributed by atoms with Crippen molar-refractivity contribution in [3.05, 3.63) is 24.3 Å². The van der Waals surface area contributed by atoms with Crippen LogP contribution in [0, 0.1) is 5.92 Å². The topological polar surface area (TPSA) is 59.1 Å². The van der Waals surface area contributed by atoms with Gasteiger partial charge in [0.15, 0.2) is 0 Å². The molecule has 2 rings (SSSR count). The molecule has 0 saturated carbocycles. The SMILES string of the molecule is COc1ccccc1N1C[C@@H](C(=O)N(C)OC)CC1=O. The molecule has 1 aromatic carbocycles. The molecule has 1 fully saturated rings. The third-order valence-corrected chi connectivity index (χ3v) is 3.43. The maximum atomic E-state index is 12.1. The highest BCUT2D eigenvalue weighted by Crippen LogP contribution is 2.33. The van der Waals surface area contributed by atoms with Gasteiger partial charge in [-0.25, -0.2) is 5.06 Å². The molecule has 108 valence electrons. The number of methoxy groups -OCH3 is 1. The van der Waals surface area contributed by atoms with Crippen LogP contribution in [0.1, 0.15) is 6.42 Å². The number of nitrogens with zero attached hydrogens (tertiary/aromatic N) is 2. The second kappa shape index (κ2) is 5.92. The van der Waals surface area contributed by atoms with Crippen molar-refractivity contribution < 1.29 is 19.2 Å². The van der Waals surface area contributed by atoms with E-state index in [0.717, 1.165) is 5.06 Å². The number of hydrogen-bond donors (Lipinski definition) is 0. The van der Waals surface area contributed by atoms with Crippen LogP contribution in [-0.2, 0) is 14.4 Å². The predicted octanol–water partition coefficient (Wildman–Crippen LogP) is 1.07.